The van der Waals surface area contributed by atoms with Crippen LogP contribution < -0.4 is 0 Å². The third-order valence-electron chi connectivity index (χ3n) is 3.85. The summed E-state index contributed by atoms with van der Waals surface area (Å²) in [4.78, 5) is 17.5. The Bertz CT molecular complexity index is 685. The van der Waals surface area contributed by atoms with Crippen molar-refractivity contribution in [3.8, 4) is 11.3 Å². The fourth-order valence-corrected chi connectivity index (χ4v) is 2.61. The van der Waals surface area contributed by atoms with E-state index in [1.807, 2.05) is 0 Å². The van der Waals surface area contributed by atoms with Gasteiger partial charge in [-0.1, -0.05) is 5.16 Å². The second-order valence-corrected chi connectivity index (χ2v) is 5.45. The van der Waals surface area contributed by atoms with Crippen LogP contribution in [0.2, 0.25) is 0 Å². The molecule has 0 unspecified atom stereocenters. The zero-order valence-electron chi connectivity index (χ0n) is 12.1. The average molecular weight is 325 g/mol. The summed E-state index contributed by atoms with van der Waals surface area (Å²) in [5.74, 6) is -1.67. The van der Waals surface area contributed by atoms with Gasteiger partial charge in [-0.15, -0.1) is 0 Å². The van der Waals surface area contributed by atoms with Crippen LogP contribution in [-0.4, -0.2) is 40.2 Å². The molecular weight excluding hydrogens is 311 g/mol. The van der Waals surface area contributed by atoms with Crippen LogP contribution in [0.5, 0.6) is 0 Å². The van der Waals surface area contributed by atoms with Gasteiger partial charge in [0.05, 0.1) is 5.92 Å². The first-order chi connectivity index (χ1) is 10.9. The Morgan fingerprint density at radius 3 is 2.91 bits per heavy atom. The molecule has 1 fully saturated rings. The molecule has 0 aliphatic carbocycles. The molecule has 0 saturated carbocycles. The molecule has 1 aliphatic rings. The van der Waals surface area contributed by atoms with Crippen molar-refractivity contribution in [3.05, 3.63) is 36.3 Å². The number of carbonyl (C=O) groups is 1. The summed E-state index contributed by atoms with van der Waals surface area (Å²) in [6.45, 7) is -0.0437. The van der Waals surface area contributed by atoms with Crippen LogP contribution in [-0.2, 0) is 0 Å². The molecule has 0 N–H and O–H groups in total. The maximum atomic E-state index is 12.8. The van der Waals surface area contributed by atoms with E-state index in [1.54, 1.807) is 24.5 Å². The lowest BCUT2D eigenvalue weighted by Crippen LogP contribution is -2.44. The molecule has 1 saturated heterocycles. The van der Waals surface area contributed by atoms with Crippen LogP contribution in [0, 0.1) is 5.92 Å². The largest absolute Gasteiger partial charge is 0.393 e. The minimum atomic E-state index is -4.29. The Morgan fingerprint density at radius 1 is 1.39 bits per heavy atom. The predicted octanol–water partition coefficient (Wildman–Crippen LogP) is 3.15. The number of halogens is 3. The SMILES string of the molecule is O=C(c1cc(-c2cccnc2)on1)N1CCC[C@H](C(F)(F)F)C1. The molecule has 0 aromatic carbocycles. The van der Waals surface area contributed by atoms with Gasteiger partial charge in [0.15, 0.2) is 11.5 Å². The molecule has 3 rings (SSSR count). The summed E-state index contributed by atoms with van der Waals surface area (Å²) in [7, 11) is 0. The number of aromatic nitrogens is 2. The van der Waals surface area contributed by atoms with E-state index < -0.39 is 18.0 Å². The van der Waals surface area contributed by atoms with Crippen LogP contribution in [0.1, 0.15) is 23.3 Å². The van der Waals surface area contributed by atoms with E-state index in [2.05, 4.69) is 10.1 Å². The summed E-state index contributed by atoms with van der Waals surface area (Å²) >= 11 is 0. The molecule has 1 atom stereocenters. The van der Waals surface area contributed by atoms with Crippen LogP contribution in [0.25, 0.3) is 11.3 Å². The summed E-state index contributed by atoms with van der Waals surface area (Å²) in [6.07, 6.45) is -0.772. The molecule has 5 nitrogen and oxygen atoms in total. The van der Waals surface area contributed by atoms with Gasteiger partial charge in [0.1, 0.15) is 0 Å². The van der Waals surface area contributed by atoms with E-state index in [-0.39, 0.29) is 18.7 Å². The summed E-state index contributed by atoms with van der Waals surface area (Å²) in [6, 6.07) is 4.87. The summed E-state index contributed by atoms with van der Waals surface area (Å²) < 4.78 is 43.6. The third-order valence-corrected chi connectivity index (χ3v) is 3.85. The monoisotopic (exact) mass is 325 g/mol. The number of amides is 1. The number of hydrogen-bond acceptors (Lipinski definition) is 4. The van der Waals surface area contributed by atoms with Crippen molar-refractivity contribution in [1.82, 2.24) is 15.0 Å². The van der Waals surface area contributed by atoms with E-state index in [9.17, 15) is 18.0 Å². The van der Waals surface area contributed by atoms with Crippen molar-refractivity contribution in [1.29, 1.82) is 0 Å². The van der Waals surface area contributed by atoms with Crippen molar-refractivity contribution < 1.29 is 22.5 Å². The molecule has 2 aromatic heterocycles. The lowest BCUT2D eigenvalue weighted by molar-refractivity contribution is -0.184. The molecule has 23 heavy (non-hydrogen) atoms. The van der Waals surface area contributed by atoms with Gasteiger partial charge in [0.25, 0.3) is 5.91 Å². The van der Waals surface area contributed by atoms with Gasteiger partial charge < -0.3 is 9.42 Å². The molecule has 0 bridgehead atoms. The summed E-state index contributed by atoms with van der Waals surface area (Å²) in [5.41, 5.74) is 0.650. The fourth-order valence-electron chi connectivity index (χ4n) is 2.61. The number of pyridine rings is 1. The molecule has 122 valence electrons. The lowest BCUT2D eigenvalue weighted by atomic mass is 9.97. The topological polar surface area (TPSA) is 59.2 Å². The highest BCUT2D eigenvalue weighted by Gasteiger charge is 2.43. The number of hydrogen-bond donors (Lipinski definition) is 0. The minimum Gasteiger partial charge on any atom is -0.355 e. The number of rotatable bonds is 2. The molecule has 1 aliphatic heterocycles. The third kappa shape index (κ3) is 3.35. The zero-order valence-corrected chi connectivity index (χ0v) is 12.1. The summed E-state index contributed by atoms with van der Waals surface area (Å²) in [5, 5.41) is 3.68. The Balaban J connectivity index is 1.75. The quantitative estimate of drug-likeness (QED) is 0.851. The second-order valence-electron chi connectivity index (χ2n) is 5.45. The van der Waals surface area contributed by atoms with E-state index in [4.69, 9.17) is 4.52 Å². The smallest absolute Gasteiger partial charge is 0.355 e. The maximum Gasteiger partial charge on any atom is 0.393 e. The highest BCUT2D eigenvalue weighted by atomic mass is 19.4. The normalized spacial score (nSPS) is 18.9. The molecular formula is C15H14F3N3O2. The minimum absolute atomic E-state index is 0.00618. The van der Waals surface area contributed by atoms with E-state index in [0.717, 1.165) is 0 Å². The zero-order chi connectivity index (χ0) is 16.4. The van der Waals surface area contributed by atoms with Gasteiger partial charge in [0.2, 0.25) is 0 Å². The van der Waals surface area contributed by atoms with Crippen molar-refractivity contribution in [3.63, 3.8) is 0 Å². The second kappa shape index (κ2) is 6.02. The average Bonchev–Trinajstić information content (AvgIpc) is 3.04. The van der Waals surface area contributed by atoms with Crippen LogP contribution >= 0.6 is 0 Å². The van der Waals surface area contributed by atoms with Crippen LogP contribution in [0.3, 0.4) is 0 Å². The Morgan fingerprint density at radius 2 is 2.22 bits per heavy atom. The van der Waals surface area contributed by atoms with E-state index >= 15 is 0 Å². The predicted molar refractivity (Wildman–Crippen MR) is 74.4 cm³/mol. The number of alkyl halides is 3. The van der Waals surface area contributed by atoms with Gasteiger partial charge in [-0.05, 0) is 25.0 Å². The van der Waals surface area contributed by atoms with Gasteiger partial charge in [-0.3, -0.25) is 9.78 Å². The first-order valence-corrected chi connectivity index (χ1v) is 7.18. The van der Waals surface area contributed by atoms with E-state index in [1.165, 1.54) is 11.0 Å². The van der Waals surface area contributed by atoms with Crippen molar-refractivity contribution in [2.24, 2.45) is 5.92 Å². The first-order valence-electron chi connectivity index (χ1n) is 7.18. The van der Waals surface area contributed by atoms with Gasteiger partial charge >= 0.3 is 6.18 Å². The molecule has 3 heterocycles. The number of nitrogens with zero attached hydrogens (tertiary/aromatic N) is 3. The number of likely N-dealkylation sites (tertiary alicyclic amines) is 1. The van der Waals surface area contributed by atoms with Crippen molar-refractivity contribution in [2.45, 2.75) is 19.0 Å². The molecule has 2 aromatic rings. The fraction of sp³-hybridized carbons (Fsp3) is 0.400. The van der Waals surface area contributed by atoms with Crippen LogP contribution in [0.4, 0.5) is 13.2 Å². The molecule has 1 amide bonds. The van der Waals surface area contributed by atoms with E-state index in [0.29, 0.717) is 24.3 Å². The number of carbonyl (C=O) groups excluding carboxylic acids is 1. The standard InChI is InChI=1S/C15H14F3N3O2/c16-15(17,18)11-4-2-6-21(9-11)14(22)12-7-13(23-20-12)10-3-1-5-19-8-10/h1,3,5,7-8,11H,2,4,6,9H2/t11-/m0/s1. The van der Waals surface area contributed by atoms with Gasteiger partial charge in [-0.2, -0.15) is 13.2 Å². The Labute approximate surface area is 130 Å². The highest BCUT2D eigenvalue weighted by Crippen LogP contribution is 2.33. The highest BCUT2D eigenvalue weighted by molar-refractivity contribution is 5.93. The molecule has 8 heteroatoms. The molecule has 0 radical (unpaired) electrons. The molecule has 0 spiro atoms. The Hall–Kier alpha value is -2.38. The number of piperidine rings is 1. The Kier molecular flexibility index (Phi) is 4.06. The van der Waals surface area contributed by atoms with Gasteiger partial charge in [-0.25, -0.2) is 0 Å². The van der Waals surface area contributed by atoms with Crippen molar-refractivity contribution in [2.75, 3.05) is 13.1 Å². The van der Waals surface area contributed by atoms with Crippen LogP contribution in [0.15, 0.2) is 35.1 Å². The van der Waals surface area contributed by atoms with Crippen molar-refractivity contribution >= 4 is 5.91 Å². The maximum absolute atomic E-state index is 12.8. The lowest BCUT2D eigenvalue weighted by Gasteiger charge is -2.33. The first kappa shape index (κ1) is 15.5. The van der Waals surface area contributed by atoms with Gasteiger partial charge in [0, 0.05) is 37.1 Å².